The predicted octanol–water partition coefficient (Wildman–Crippen LogP) is 2.26. The van der Waals surface area contributed by atoms with Gasteiger partial charge in [0.25, 0.3) is 0 Å². The van der Waals surface area contributed by atoms with Crippen molar-refractivity contribution in [1.29, 1.82) is 0 Å². The third kappa shape index (κ3) is 2.17. The fourth-order valence-electron chi connectivity index (χ4n) is 1.91. The quantitative estimate of drug-likeness (QED) is 0.829. The summed E-state index contributed by atoms with van der Waals surface area (Å²) in [5.74, 6) is 0. The van der Waals surface area contributed by atoms with E-state index in [2.05, 4.69) is 43.5 Å². The van der Waals surface area contributed by atoms with Gasteiger partial charge in [0, 0.05) is 19.3 Å². The first-order chi connectivity index (χ1) is 6.79. The molecule has 1 aromatic heterocycles. The molecule has 0 amide bonds. The van der Waals surface area contributed by atoms with E-state index in [0.29, 0.717) is 0 Å². The first-order valence-corrected chi connectivity index (χ1v) is 6.03. The van der Waals surface area contributed by atoms with Crippen LogP contribution < -0.4 is 0 Å². The molecule has 14 heavy (non-hydrogen) atoms. The van der Waals surface area contributed by atoms with Gasteiger partial charge in [-0.2, -0.15) is 0 Å². The summed E-state index contributed by atoms with van der Waals surface area (Å²) in [5.41, 5.74) is 1.18. The highest BCUT2D eigenvalue weighted by Gasteiger charge is 2.13. The van der Waals surface area contributed by atoms with Gasteiger partial charge in [0.05, 0.1) is 5.69 Å². The third-order valence-corrected chi connectivity index (χ3v) is 3.34. The average Bonchev–Trinajstić information content (AvgIpc) is 2.76. The second-order valence-electron chi connectivity index (χ2n) is 3.77. The SMILES string of the molecule is CCn1cc(CN2CCCC2)nc1Br. The van der Waals surface area contributed by atoms with Crippen molar-refractivity contribution in [2.45, 2.75) is 32.9 Å². The zero-order valence-electron chi connectivity index (χ0n) is 8.54. The Morgan fingerprint density at radius 1 is 1.43 bits per heavy atom. The summed E-state index contributed by atoms with van der Waals surface area (Å²) < 4.78 is 3.08. The van der Waals surface area contributed by atoms with Crippen LogP contribution in [0.15, 0.2) is 10.9 Å². The van der Waals surface area contributed by atoms with Crippen LogP contribution in [-0.4, -0.2) is 27.5 Å². The van der Waals surface area contributed by atoms with Gasteiger partial charge in [-0.3, -0.25) is 4.90 Å². The molecule has 1 aliphatic heterocycles. The zero-order chi connectivity index (χ0) is 9.97. The highest BCUT2D eigenvalue weighted by Crippen LogP contribution is 2.15. The second kappa shape index (κ2) is 4.45. The molecule has 1 fully saturated rings. The van der Waals surface area contributed by atoms with Crippen LogP contribution in [0.1, 0.15) is 25.5 Å². The van der Waals surface area contributed by atoms with Gasteiger partial charge < -0.3 is 4.57 Å². The predicted molar refractivity (Wildman–Crippen MR) is 60.1 cm³/mol. The molecule has 2 heterocycles. The van der Waals surface area contributed by atoms with Crippen molar-refractivity contribution in [3.8, 4) is 0 Å². The Labute approximate surface area is 93.2 Å². The smallest absolute Gasteiger partial charge is 0.177 e. The lowest BCUT2D eigenvalue weighted by Gasteiger charge is -2.11. The van der Waals surface area contributed by atoms with E-state index < -0.39 is 0 Å². The van der Waals surface area contributed by atoms with Crippen LogP contribution in [0.3, 0.4) is 0 Å². The lowest BCUT2D eigenvalue weighted by Crippen LogP contribution is -2.18. The number of nitrogens with zero attached hydrogens (tertiary/aromatic N) is 3. The minimum Gasteiger partial charge on any atom is -0.326 e. The molecule has 0 radical (unpaired) electrons. The van der Waals surface area contributed by atoms with Gasteiger partial charge in [0.15, 0.2) is 4.73 Å². The number of rotatable bonds is 3. The lowest BCUT2D eigenvalue weighted by molar-refractivity contribution is 0.327. The summed E-state index contributed by atoms with van der Waals surface area (Å²) in [6, 6.07) is 0. The van der Waals surface area contributed by atoms with Gasteiger partial charge in [-0.15, -0.1) is 0 Å². The van der Waals surface area contributed by atoms with Gasteiger partial charge in [-0.05, 0) is 48.8 Å². The number of halogens is 1. The van der Waals surface area contributed by atoms with E-state index in [4.69, 9.17) is 0 Å². The van der Waals surface area contributed by atoms with Crippen molar-refractivity contribution >= 4 is 15.9 Å². The Bertz CT molecular complexity index is 302. The standard InChI is InChI=1S/C10H16BrN3/c1-2-14-8-9(12-10(14)11)7-13-5-3-4-6-13/h8H,2-7H2,1H3. The maximum Gasteiger partial charge on any atom is 0.177 e. The van der Waals surface area contributed by atoms with E-state index >= 15 is 0 Å². The molecule has 3 nitrogen and oxygen atoms in total. The molecule has 2 rings (SSSR count). The first-order valence-electron chi connectivity index (χ1n) is 5.23. The Hall–Kier alpha value is -0.350. The van der Waals surface area contributed by atoms with Gasteiger partial charge in [-0.1, -0.05) is 0 Å². The number of aromatic nitrogens is 2. The van der Waals surface area contributed by atoms with Crippen LogP contribution in [0.4, 0.5) is 0 Å². The van der Waals surface area contributed by atoms with Crippen LogP contribution in [0.5, 0.6) is 0 Å². The van der Waals surface area contributed by atoms with Crippen LogP contribution in [0.2, 0.25) is 0 Å². The number of hydrogen-bond donors (Lipinski definition) is 0. The fraction of sp³-hybridized carbons (Fsp3) is 0.700. The van der Waals surface area contributed by atoms with Crippen molar-refractivity contribution in [1.82, 2.24) is 14.5 Å². The van der Waals surface area contributed by atoms with Crippen molar-refractivity contribution < 1.29 is 0 Å². The monoisotopic (exact) mass is 257 g/mol. The molecule has 0 aliphatic carbocycles. The van der Waals surface area contributed by atoms with E-state index in [-0.39, 0.29) is 0 Å². The normalized spacial score (nSPS) is 17.9. The number of aryl methyl sites for hydroxylation is 1. The maximum atomic E-state index is 4.48. The highest BCUT2D eigenvalue weighted by molar-refractivity contribution is 9.10. The van der Waals surface area contributed by atoms with E-state index in [1.54, 1.807) is 0 Å². The summed E-state index contributed by atoms with van der Waals surface area (Å²) in [7, 11) is 0. The molecule has 1 aliphatic rings. The average molecular weight is 258 g/mol. The van der Waals surface area contributed by atoms with Crippen molar-refractivity contribution in [3.63, 3.8) is 0 Å². The van der Waals surface area contributed by atoms with E-state index in [1.165, 1.54) is 31.6 Å². The molecule has 78 valence electrons. The Morgan fingerprint density at radius 2 is 2.14 bits per heavy atom. The van der Waals surface area contributed by atoms with Crippen LogP contribution in [0.25, 0.3) is 0 Å². The third-order valence-electron chi connectivity index (χ3n) is 2.70. The largest absolute Gasteiger partial charge is 0.326 e. The first kappa shape index (κ1) is 10.2. The van der Waals surface area contributed by atoms with Crippen LogP contribution in [0, 0.1) is 0 Å². The molecule has 4 heteroatoms. The summed E-state index contributed by atoms with van der Waals surface area (Å²) >= 11 is 3.46. The summed E-state index contributed by atoms with van der Waals surface area (Å²) in [6.07, 6.45) is 4.83. The lowest BCUT2D eigenvalue weighted by atomic mass is 10.4. The molecular formula is C10H16BrN3. The molecule has 0 atom stereocenters. The minimum absolute atomic E-state index is 0.953. The van der Waals surface area contributed by atoms with Crippen LogP contribution in [-0.2, 0) is 13.1 Å². The molecule has 1 saturated heterocycles. The topological polar surface area (TPSA) is 21.1 Å². The van der Waals surface area contributed by atoms with Crippen molar-refractivity contribution in [2.75, 3.05) is 13.1 Å². The minimum atomic E-state index is 0.953. The summed E-state index contributed by atoms with van der Waals surface area (Å²) in [5, 5.41) is 0. The molecule has 0 unspecified atom stereocenters. The van der Waals surface area contributed by atoms with Gasteiger partial charge >= 0.3 is 0 Å². The molecule has 1 aromatic rings. The van der Waals surface area contributed by atoms with E-state index in [0.717, 1.165) is 17.8 Å². The Balaban J connectivity index is 2.01. The molecule has 0 spiro atoms. The molecule has 0 saturated carbocycles. The second-order valence-corrected chi connectivity index (χ2v) is 4.48. The highest BCUT2D eigenvalue weighted by atomic mass is 79.9. The molecule has 0 aromatic carbocycles. The van der Waals surface area contributed by atoms with Gasteiger partial charge in [0.2, 0.25) is 0 Å². The number of imidazole rings is 1. The summed E-state index contributed by atoms with van der Waals surface area (Å²) in [4.78, 5) is 6.95. The van der Waals surface area contributed by atoms with Crippen molar-refractivity contribution in [3.05, 3.63) is 16.6 Å². The Kier molecular flexibility index (Phi) is 3.23. The van der Waals surface area contributed by atoms with Gasteiger partial charge in [-0.25, -0.2) is 4.98 Å². The number of likely N-dealkylation sites (tertiary alicyclic amines) is 1. The van der Waals surface area contributed by atoms with E-state index in [1.807, 2.05) is 0 Å². The van der Waals surface area contributed by atoms with Crippen molar-refractivity contribution in [2.24, 2.45) is 0 Å². The molecule has 0 N–H and O–H groups in total. The zero-order valence-corrected chi connectivity index (χ0v) is 10.1. The number of hydrogen-bond acceptors (Lipinski definition) is 2. The van der Waals surface area contributed by atoms with E-state index in [9.17, 15) is 0 Å². The fourth-order valence-corrected chi connectivity index (χ4v) is 2.49. The van der Waals surface area contributed by atoms with Crippen LogP contribution >= 0.6 is 15.9 Å². The van der Waals surface area contributed by atoms with Gasteiger partial charge in [0.1, 0.15) is 0 Å². The molecule has 0 bridgehead atoms. The summed E-state index contributed by atoms with van der Waals surface area (Å²) in [6.45, 7) is 6.58. The Morgan fingerprint density at radius 3 is 2.71 bits per heavy atom. The maximum absolute atomic E-state index is 4.48. The molecular weight excluding hydrogens is 242 g/mol.